The van der Waals surface area contributed by atoms with Crippen molar-refractivity contribution in [1.29, 1.82) is 0 Å². The van der Waals surface area contributed by atoms with Gasteiger partial charge in [0.1, 0.15) is 5.75 Å². The third-order valence-corrected chi connectivity index (χ3v) is 3.25. The zero-order valence-corrected chi connectivity index (χ0v) is 9.37. The largest absolute Gasteiger partial charge is 0.331 e. The molecule has 0 spiro atoms. The van der Waals surface area contributed by atoms with Crippen molar-refractivity contribution >= 4 is 10.0 Å². The summed E-state index contributed by atoms with van der Waals surface area (Å²) in [7, 11) is -1.80. The number of imidazole rings is 1. The maximum atomic E-state index is 11.3. The van der Waals surface area contributed by atoms with Crippen molar-refractivity contribution in [3.8, 4) is 0 Å². The molecule has 0 saturated heterocycles. The fraction of sp³-hybridized carbons (Fsp3) is 0.625. The second-order valence-electron chi connectivity index (χ2n) is 3.35. The van der Waals surface area contributed by atoms with Gasteiger partial charge in [-0.1, -0.05) is 0 Å². The van der Waals surface area contributed by atoms with E-state index >= 15 is 0 Å². The molecule has 0 radical (unpaired) electrons. The van der Waals surface area contributed by atoms with Crippen LogP contribution in [0.1, 0.15) is 25.6 Å². The molecule has 0 saturated carbocycles. The summed E-state index contributed by atoms with van der Waals surface area (Å²) in [5.74, 6) is -0.0261. The second kappa shape index (κ2) is 4.10. The lowest BCUT2D eigenvalue weighted by atomic mass is 10.4. The summed E-state index contributed by atoms with van der Waals surface area (Å²) in [5, 5.41) is 0. The number of sulfonamides is 1. The number of rotatable bonds is 4. The minimum Gasteiger partial charge on any atom is -0.331 e. The van der Waals surface area contributed by atoms with Gasteiger partial charge < -0.3 is 4.57 Å². The fourth-order valence-corrected chi connectivity index (χ4v) is 1.93. The van der Waals surface area contributed by atoms with E-state index in [9.17, 15) is 8.42 Å². The second-order valence-corrected chi connectivity index (χ2v) is 5.28. The lowest BCUT2D eigenvalue weighted by Crippen LogP contribution is -2.22. The van der Waals surface area contributed by atoms with Crippen LogP contribution in [0.2, 0.25) is 0 Å². The van der Waals surface area contributed by atoms with E-state index in [-0.39, 0.29) is 11.8 Å². The normalized spacial score (nSPS) is 12.3. The van der Waals surface area contributed by atoms with Crippen LogP contribution in [0, 0.1) is 0 Å². The van der Waals surface area contributed by atoms with Crippen LogP contribution in [0.3, 0.4) is 0 Å². The van der Waals surface area contributed by atoms with Crippen LogP contribution < -0.4 is 4.72 Å². The van der Waals surface area contributed by atoms with Crippen LogP contribution in [0.4, 0.5) is 0 Å². The maximum Gasteiger partial charge on any atom is 0.217 e. The molecule has 1 heterocycles. The molecule has 0 unspecified atom stereocenters. The SMILES string of the molecule is CNS(=O)(=O)Cc1cncn1C(C)C. The Kier molecular flexibility index (Phi) is 3.28. The molecule has 0 fully saturated rings. The maximum absolute atomic E-state index is 11.3. The van der Waals surface area contributed by atoms with E-state index in [4.69, 9.17) is 0 Å². The van der Waals surface area contributed by atoms with E-state index in [0.29, 0.717) is 5.69 Å². The quantitative estimate of drug-likeness (QED) is 0.799. The summed E-state index contributed by atoms with van der Waals surface area (Å²) in [6, 6.07) is 0.222. The smallest absolute Gasteiger partial charge is 0.217 e. The number of aromatic nitrogens is 2. The van der Waals surface area contributed by atoms with Crippen LogP contribution in [0.15, 0.2) is 12.5 Å². The summed E-state index contributed by atoms with van der Waals surface area (Å²) >= 11 is 0. The van der Waals surface area contributed by atoms with E-state index in [0.717, 1.165) is 0 Å². The average Bonchev–Trinajstić information content (AvgIpc) is 2.51. The first kappa shape index (κ1) is 11.2. The molecule has 6 heteroatoms. The minimum atomic E-state index is -3.21. The average molecular weight is 217 g/mol. The molecule has 1 N–H and O–H groups in total. The fourth-order valence-electron chi connectivity index (χ4n) is 1.18. The van der Waals surface area contributed by atoms with Gasteiger partial charge in [-0.25, -0.2) is 18.1 Å². The molecular formula is C8H15N3O2S. The standard InChI is InChI=1S/C8H15N3O2S/c1-7(2)11-6-10-4-8(11)5-14(12,13)9-3/h4,6-7,9H,5H2,1-3H3. The van der Waals surface area contributed by atoms with Crippen molar-refractivity contribution in [2.45, 2.75) is 25.6 Å². The summed E-state index contributed by atoms with van der Waals surface area (Å²) in [6.07, 6.45) is 3.22. The summed E-state index contributed by atoms with van der Waals surface area (Å²) in [5.41, 5.74) is 0.703. The lowest BCUT2D eigenvalue weighted by molar-refractivity contribution is 0.566. The number of hydrogen-bond donors (Lipinski definition) is 1. The molecule has 0 aliphatic carbocycles. The zero-order chi connectivity index (χ0) is 10.8. The van der Waals surface area contributed by atoms with Crippen LogP contribution in [0.5, 0.6) is 0 Å². The van der Waals surface area contributed by atoms with Gasteiger partial charge >= 0.3 is 0 Å². The van der Waals surface area contributed by atoms with E-state index in [1.54, 1.807) is 12.5 Å². The van der Waals surface area contributed by atoms with Gasteiger partial charge in [-0.2, -0.15) is 0 Å². The Morgan fingerprint density at radius 2 is 2.21 bits per heavy atom. The highest BCUT2D eigenvalue weighted by molar-refractivity contribution is 7.88. The Balaban J connectivity index is 2.93. The zero-order valence-electron chi connectivity index (χ0n) is 8.56. The molecule has 0 bridgehead atoms. The first-order valence-electron chi connectivity index (χ1n) is 4.38. The third kappa shape index (κ3) is 2.55. The molecule has 14 heavy (non-hydrogen) atoms. The molecule has 1 aromatic heterocycles. The van der Waals surface area contributed by atoms with Crippen LogP contribution in [-0.2, 0) is 15.8 Å². The molecule has 80 valence electrons. The lowest BCUT2D eigenvalue weighted by Gasteiger charge is -2.11. The van der Waals surface area contributed by atoms with Gasteiger partial charge in [0, 0.05) is 12.2 Å². The van der Waals surface area contributed by atoms with Crippen molar-refractivity contribution < 1.29 is 8.42 Å². The third-order valence-electron chi connectivity index (χ3n) is 1.95. The molecule has 0 amide bonds. The van der Waals surface area contributed by atoms with E-state index < -0.39 is 10.0 Å². The summed E-state index contributed by atoms with van der Waals surface area (Å²) in [6.45, 7) is 3.97. The van der Waals surface area contributed by atoms with Crippen LogP contribution in [0.25, 0.3) is 0 Å². The Morgan fingerprint density at radius 1 is 1.57 bits per heavy atom. The van der Waals surface area contributed by atoms with Gasteiger partial charge in [-0.15, -0.1) is 0 Å². The molecule has 0 aromatic carbocycles. The van der Waals surface area contributed by atoms with E-state index in [1.807, 2.05) is 18.4 Å². The van der Waals surface area contributed by atoms with E-state index in [1.165, 1.54) is 7.05 Å². The van der Waals surface area contributed by atoms with Crippen LogP contribution >= 0.6 is 0 Å². The predicted octanol–water partition coefficient (Wildman–Crippen LogP) is 0.513. The van der Waals surface area contributed by atoms with Crippen molar-refractivity contribution in [3.63, 3.8) is 0 Å². The Bertz CT molecular complexity index is 394. The number of nitrogens with one attached hydrogen (secondary N) is 1. The highest BCUT2D eigenvalue weighted by Gasteiger charge is 2.13. The highest BCUT2D eigenvalue weighted by atomic mass is 32.2. The van der Waals surface area contributed by atoms with Crippen molar-refractivity contribution in [1.82, 2.24) is 14.3 Å². The summed E-state index contributed by atoms with van der Waals surface area (Å²) < 4.78 is 26.7. The van der Waals surface area contributed by atoms with Gasteiger partial charge in [-0.05, 0) is 20.9 Å². The monoisotopic (exact) mass is 217 g/mol. The first-order chi connectivity index (χ1) is 6.46. The Morgan fingerprint density at radius 3 is 2.71 bits per heavy atom. The van der Waals surface area contributed by atoms with Gasteiger partial charge in [0.2, 0.25) is 10.0 Å². The van der Waals surface area contributed by atoms with Crippen molar-refractivity contribution in [2.24, 2.45) is 0 Å². The Labute approximate surface area is 84.2 Å². The topological polar surface area (TPSA) is 64.0 Å². The van der Waals surface area contributed by atoms with Gasteiger partial charge in [0.15, 0.2) is 0 Å². The molecule has 0 aliphatic rings. The van der Waals surface area contributed by atoms with Gasteiger partial charge in [-0.3, -0.25) is 0 Å². The molecule has 0 aliphatic heterocycles. The number of hydrogen-bond acceptors (Lipinski definition) is 3. The highest BCUT2D eigenvalue weighted by Crippen LogP contribution is 2.10. The minimum absolute atomic E-state index is 0.0261. The van der Waals surface area contributed by atoms with E-state index in [2.05, 4.69) is 9.71 Å². The predicted molar refractivity (Wildman–Crippen MR) is 54.3 cm³/mol. The van der Waals surface area contributed by atoms with Gasteiger partial charge in [0.05, 0.1) is 12.0 Å². The first-order valence-corrected chi connectivity index (χ1v) is 6.03. The summed E-state index contributed by atoms with van der Waals surface area (Å²) in [4.78, 5) is 3.93. The molecule has 5 nitrogen and oxygen atoms in total. The molecule has 0 atom stereocenters. The Hall–Kier alpha value is -0.880. The molecule has 1 rings (SSSR count). The van der Waals surface area contributed by atoms with Crippen molar-refractivity contribution in [2.75, 3.05) is 7.05 Å². The molecular weight excluding hydrogens is 202 g/mol. The molecule has 1 aromatic rings. The van der Waals surface area contributed by atoms with Crippen molar-refractivity contribution in [3.05, 3.63) is 18.2 Å². The van der Waals surface area contributed by atoms with Gasteiger partial charge in [0.25, 0.3) is 0 Å². The van der Waals surface area contributed by atoms with Crippen LogP contribution in [-0.4, -0.2) is 25.0 Å². The number of nitrogens with zero attached hydrogens (tertiary/aromatic N) is 2.